The van der Waals surface area contributed by atoms with Gasteiger partial charge in [0.05, 0.1) is 4.90 Å². The zero-order valence-corrected chi connectivity index (χ0v) is 12.4. The zero-order chi connectivity index (χ0) is 12.8. The predicted molar refractivity (Wildman–Crippen MR) is 73.7 cm³/mol. The first kappa shape index (κ1) is 12.6. The standard InChI is InChI=1S/C13H16BrNO2S/c14-11-3-1-2-4-12(11)18(16,17)15-13(9-5-6-9)10-7-8-10/h1-4,9-10,13,15H,5-8H2. The monoisotopic (exact) mass is 329 g/mol. The predicted octanol–water partition coefficient (Wildman–Crippen LogP) is 2.92. The highest BCUT2D eigenvalue weighted by atomic mass is 79.9. The van der Waals surface area contributed by atoms with Gasteiger partial charge in [0.25, 0.3) is 0 Å². The van der Waals surface area contributed by atoms with Crippen LogP contribution in [0.4, 0.5) is 0 Å². The number of sulfonamides is 1. The van der Waals surface area contributed by atoms with E-state index in [1.54, 1.807) is 18.2 Å². The molecule has 0 amide bonds. The van der Waals surface area contributed by atoms with Gasteiger partial charge >= 0.3 is 0 Å². The van der Waals surface area contributed by atoms with Crippen molar-refractivity contribution in [3.63, 3.8) is 0 Å². The zero-order valence-electron chi connectivity index (χ0n) is 9.97. The van der Waals surface area contributed by atoms with E-state index in [1.165, 1.54) is 25.7 Å². The molecule has 0 aromatic heterocycles. The van der Waals surface area contributed by atoms with Crippen molar-refractivity contribution in [3.8, 4) is 0 Å². The first-order chi connectivity index (χ1) is 8.58. The first-order valence-corrected chi connectivity index (χ1v) is 8.62. The van der Waals surface area contributed by atoms with E-state index >= 15 is 0 Å². The highest BCUT2D eigenvalue weighted by Gasteiger charge is 2.43. The van der Waals surface area contributed by atoms with E-state index in [0.717, 1.165) is 0 Å². The van der Waals surface area contributed by atoms with Crippen molar-refractivity contribution in [2.24, 2.45) is 11.8 Å². The average molecular weight is 330 g/mol. The maximum atomic E-state index is 12.4. The molecule has 0 spiro atoms. The summed E-state index contributed by atoms with van der Waals surface area (Å²) in [7, 11) is -3.40. The molecule has 0 aliphatic heterocycles. The topological polar surface area (TPSA) is 46.2 Å². The van der Waals surface area contributed by atoms with Crippen LogP contribution in [0.1, 0.15) is 25.7 Å². The summed E-state index contributed by atoms with van der Waals surface area (Å²) in [4.78, 5) is 0.344. The molecule has 2 saturated carbocycles. The summed E-state index contributed by atoms with van der Waals surface area (Å²) >= 11 is 3.31. The van der Waals surface area contributed by atoms with Gasteiger partial charge < -0.3 is 0 Å². The Kier molecular flexibility index (Phi) is 3.24. The van der Waals surface area contributed by atoms with E-state index in [0.29, 0.717) is 21.2 Å². The van der Waals surface area contributed by atoms with Crippen molar-refractivity contribution in [2.75, 3.05) is 0 Å². The summed E-state index contributed by atoms with van der Waals surface area (Å²) < 4.78 is 28.3. The Morgan fingerprint density at radius 1 is 1.11 bits per heavy atom. The Morgan fingerprint density at radius 2 is 1.67 bits per heavy atom. The molecule has 18 heavy (non-hydrogen) atoms. The van der Waals surface area contributed by atoms with E-state index in [-0.39, 0.29) is 6.04 Å². The Hall–Kier alpha value is -0.390. The molecule has 1 N–H and O–H groups in total. The Labute approximate surface area is 116 Å². The van der Waals surface area contributed by atoms with Crippen molar-refractivity contribution in [3.05, 3.63) is 28.7 Å². The summed E-state index contributed by atoms with van der Waals surface area (Å²) in [5.41, 5.74) is 0. The molecule has 1 aromatic carbocycles. The summed E-state index contributed by atoms with van der Waals surface area (Å²) in [6.45, 7) is 0. The van der Waals surface area contributed by atoms with Crippen LogP contribution in [0.2, 0.25) is 0 Å². The SMILES string of the molecule is O=S(=O)(NC(C1CC1)C1CC1)c1ccccc1Br. The largest absolute Gasteiger partial charge is 0.241 e. The second-order valence-electron chi connectivity index (χ2n) is 5.25. The van der Waals surface area contributed by atoms with Crippen LogP contribution in [0.25, 0.3) is 0 Å². The van der Waals surface area contributed by atoms with Gasteiger partial charge in [0.1, 0.15) is 0 Å². The average Bonchev–Trinajstić information content (AvgIpc) is 3.17. The van der Waals surface area contributed by atoms with E-state index < -0.39 is 10.0 Å². The van der Waals surface area contributed by atoms with Gasteiger partial charge in [-0.25, -0.2) is 13.1 Å². The summed E-state index contributed by atoms with van der Waals surface area (Å²) in [6, 6.07) is 7.13. The summed E-state index contributed by atoms with van der Waals surface area (Å²) in [5.74, 6) is 1.13. The van der Waals surface area contributed by atoms with Gasteiger partial charge in [0.15, 0.2) is 0 Å². The lowest BCUT2D eigenvalue weighted by atomic mass is 10.1. The van der Waals surface area contributed by atoms with Gasteiger partial charge in [-0.2, -0.15) is 0 Å². The molecule has 2 aliphatic rings. The molecule has 0 radical (unpaired) electrons. The molecular formula is C13H16BrNO2S. The lowest BCUT2D eigenvalue weighted by molar-refractivity contribution is 0.471. The van der Waals surface area contributed by atoms with Crippen LogP contribution in [-0.2, 0) is 10.0 Å². The lowest BCUT2D eigenvalue weighted by Crippen LogP contribution is -2.38. The van der Waals surface area contributed by atoms with Crippen LogP contribution >= 0.6 is 15.9 Å². The van der Waals surface area contributed by atoms with Gasteiger partial charge in [-0.3, -0.25) is 0 Å². The van der Waals surface area contributed by atoms with E-state index in [1.807, 2.05) is 6.07 Å². The third-order valence-electron chi connectivity index (χ3n) is 3.68. The molecule has 0 atom stereocenters. The normalized spacial score (nSPS) is 20.3. The highest BCUT2D eigenvalue weighted by molar-refractivity contribution is 9.10. The minimum Gasteiger partial charge on any atom is -0.207 e. The van der Waals surface area contributed by atoms with Crippen molar-refractivity contribution < 1.29 is 8.42 Å². The van der Waals surface area contributed by atoms with Gasteiger partial charge in [0.2, 0.25) is 10.0 Å². The molecule has 2 aliphatic carbocycles. The number of rotatable bonds is 5. The second-order valence-corrected chi connectivity index (χ2v) is 7.79. The van der Waals surface area contributed by atoms with Crippen molar-refractivity contribution in [1.82, 2.24) is 4.72 Å². The van der Waals surface area contributed by atoms with Gasteiger partial charge in [-0.05, 0) is 65.6 Å². The van der Waals surface area contributed by atoms with Crippen LogP contribution in [0.3, 0.4) is 0 Å². The Morgan fingerprint density at radius 3 is 2.17 bits per heavy atom. The third-order valence-corrected chi connectivity index (χ3v) is 6.15. The Bertz CT molecular complexity index is 538. The van der Waals surface area contributed by atoms with Crippen LogP contribution in [0, 0.1) is 11.8 Å². The van der Waals surface area contributed by atoms with Gasteiger partial charge in [0, 0.05) is 10.5 Å². The highest BCUT2D eigenvalue weighted by Crippen LogP contribution is 2.45. The first-order valence-electron chi connectivity index (χ1n) is 6.35. The molecule has 0 saturated heterocycles. The molecular weight excluding hydrogens is 314 g/mol. The molecule has 1 aromatic rings. The minimum absolute atomic E-state index is 0.155. The number of hydrogen-bond acceptors (Lipinski definition) is 2. The maximum absolute atomic E-state index is 12.4. The van der Waals surface area contributed by atoms with Crippen molar-refractivity contribution >= 4 is 26.0 Å². The number of hydrogen-bond donors (Lipinski definition) is 1. The molecule has 0 bridgehead atoms. The van der Waals surface area contributed by atoms with E-state index in [4.69, 9.17) is 0 Å². The number of halogens is 1. The van der Waals surface area contributed by atoms with Crippen molar-refractivity contribution in [2.45, 2.75) is 36.6 Å². The van der Waals surface area contributed by atoms with Crippen LogP contribution < -0.4 is 4.72 Å². The van der Waals surface area contributed by atoms with Gasteiger partial charge in [-0.15, -0.1) is 0 Å². The summed E-state index contributed by atoms with van der Waals surface area (Å²) in [5, 5.41) is 0. The molecule has 98 valence electrons. The maximum Gasteiger partial charge on any atom is 0.241 e. The van der Waals surface area contributed by atoms with Crippen LogP contribution in [0.15, 0.2) is 33.6 Å². The fraction of sp³-hybridized carbons (Fsp3) is 0.538. The minimum atomic E-state index is -3.40. The molecule has 0 heterocycles. The van der Waals surface area contributed by atoms with E-state index in [9.17, 15) is 8.42 Å². The van der Waals surface area contributed by atoms with Gasteiger partial charge in [-0.1, -0.05) is 12.1 Å². The molecule has 0 unspecified atom stereocenters. The molecule has 3 nitrogen and oxygen atoms in total. The fourth-order valence-electron chi connectivity index (χ4n) is 2.39. The Balaban J connectivity index is 1.83. The fourth-order valence-corrected chi connectivity index (χ4v) is 4.77. The number of nitrogens with one attached hydrogen (secondary N) is 1. The van der Waals surface area contributed by atoms with Crippen LogP contribution in [-0.4, -0.2) is 14.5 Å². The summed E-state index contributed by atoms with van der Waals surface area (Å²) in [6.07, 6.45) is 4.67. The quantitative estimate of drug-likeness (QED) is 0.902. The molecule has 2 fully saturated rings. The third kappa shape index (κ3) is 2.63. The molecule has 3 rings (SSSR count). The number of benzene rings is 1. The van der Waals surface area contributed by atoms with Crippen LogP contribution in [0.5, 0.6) is 0 Å². The van der Waals surface area contributed by atoms with E-state index in [2.05, 4.69) is 20.7 Å². The second kappa shape index (κ2) is 4.62. The van der Waals surface area contributed by atoms with Crippen molar-refractivity contribution in [1.29, 1.82) is 0 Å². The molecule has 5 heteroatoms. The smallest absolute Gasteiger partial charge is 0.207 e. The lowest BCUT2D eigenvalue weighted by Gasteiger charge is -2.18.